The van der Waals surface area contributed by atoms with Crippen LogP contribution in [-0.4, -0.2) is 19.0 Å². The largest absolute Gasteiger partial charge is 0.381 e. The van der Waals surface area contributed by atoms with Crippen LogP contribution in [-0.2, 0) is 0 Å². The topological polar surface area (TPSA) is 101 Å². The number of rotatable bonds is 2. The third kappa shape index (κ3) is 2.64. The Hall–Kier alpha value is -2.99. The molecular formula is C13H11N5O. The van der Waals surface area contributed by atoms with Gasteiger partial charge in [0.15, 0.2) is 0 Å². The molecule has 19 heavy (non-hydrogen) atoms. The maximum absolute atomic E-state index is 11.8. The zero-order valence-corrected chi connectivity index (χ0v) is 10.0. The lowest BCUT2D eigenvalue weighted by atomic mass is 10.1. The van der Waals surface area contributed by atoms with E-state index in [0.29, 0.717) is 30.0 Å². The van der Waals surface area contributed by atoms with E-state index in [1.807, 2.05) is 0 Å². The Morgan fingerprint density at radius 2 is 2.00 bits per heavy atom. The fourth-order valence-corrected chi connectivity index (χ4v) is 1.75. The fraction of sp³-hybridized carbons (Fsp3) is 0.154. The molecule has 0 saturated heterocycles. The minimum atomic E-state index is -0.145. The van der Waals surface area contributed by atoms with Gasteiger partial charge in [-0.15, -0.1) is 0 Å². The third-order valence-corrected chi connectivity index (χ3v) is 2.63. The number of para-hydroxylation sites is 1. The van der Waals surface area contributed by atoms with Crippen molar-refractivity contribution in [3.8, 4) is 12.1 Å². The van der Waals surface area contributed by atoms with Gasteiger partial charge in [-0.3, -0.25) is 4.79 Å². The van der Waals surface area contributed by atoms with Crippen LogP contribution >= 0.6 is 0 Å². The van der Waals surface area contributed by atoms with Crippen molar-refractivity contribution in [2.24, 2.45) is 0 Å². The monoisotopic (exact) mass is 253 g/mol. The summed E-state index contributed by atoms with van der Waals surface area (Å²) in [6.45, 7) is 1.16. The van der Waals surface area contributed by atoms with E-state index < -0.39 is 0 Å². The molecule has 3 N–H and O–H groups in total. The summed E-state index contributed by atoms with van der Waals surface area (Å²) in [4.78, 5) is 11.8. The fourth-order valence-electron chi connectivity index (χ4n) is 1.75. The van der Waals surface area contributed by atoms with Gasteiger partial charge < -0.3 is 16.0 Å². The average Bonchev–Trinajstić information content (AvgIpc) is 2.63. The van der Waals surface area contributed by atoms with Gasteiger partial charge in [0.1, 0.15) is 17.7 Å². The van der Waals surface area contributed by atoms with E-state index in [2.05, 4.69) is 16.0 Å². The molecule has 0 aromatic heterocycles. The van der Waals surface area contributed by atoms with E-state index in [-0.39, 0.29) is 11.5 Å². The summed E-state index contributed by atoms with van der Waals surface area (Å²) in [5, 5.41) is 26.1. The van der Waals surface area contributed by atoms with Crippen molar-refractivity contribution in [2.45, 2.75) is 0 Å². The Morgan fingerprint density at radius 1 is 1.26 bits per heavy atom. The molecule has 6 nitrogen and oxygen atoms in total. The number of hydrogen-bond donors (Lipinski definition) is 3. The molecule has 0 atom stereocenters. The first-order chi connectivity index (χ1) is 9.26. The molecule has 1 aromatic rings. The van der Waals surface area contributed by atoms with Crippen LogP contribution in [0.1, 0.15) is 10.4 Å². The number of anilines is 2. The molecule has 1 aromatic carbocycles. The standard InChI is InChI=1S/C13H11N5O/c14-6-9(7-15)8-18-11-3-1-2-10-12(11)16-4-5-17-13(10)19/h1-3,8,16,18H,4-5H2,(H,17,19). The van der Waals surface area contributed by atoms with Crippen LogP contribution in [0.15, 0.2) is 30.0 Å². The number of nitrogens with zero attached hydrogens (tertiary/aromatic N) is 2. The molecule has 0 radical (unpaired) electrons. The van der Waals surface area contributed by atoms with E-state index in [0.717, 1.165) is 0 Å². The summed E-state index contributed by atoms with van der Waals surface area (Å²) in [6.07, 6.45) is 1.32. The predicted octanol–water partition coefficient (Wildman–Crippen LogP) is 1.18. The molecular weight excluding hydrogens is 242 g/mol. The maximum Gasteiger partial charge on any atom is 0.253 e. The molecule has 94 valence electrons. The molecule has 0 unspecified atom stereocenters. The third-order valence-electron chi connectivity index (χ3n) is 2.63. The molecule has 1 aliphatic heterocycles. The first-order valence-corrected chi connectivity index (χ1v) is 5.68. The summed E-state index contributed by atoms with van der Waals surface area (Å²) in [5.41, 5.74) is 1.82. The second-order valence-corrected chi connectivity index (χ2v) is 3.84. The zero-order valence-electron chi connectivity index (χ0n) is 10.0. The molecule has 0 spiro atoms. The van der Waals surface area contributed by atoms with Crippen LogP contribution < -0.4 is 16.0 Å². The lowest BCUT2D eigenvalue weighted by Gasteiger charge is -2.12. The number of nitriles is 2. The molecule has 1 amide bonds. The second-order valence-electron chi connectivity index (χ2n) is 3.84. The van der Waals surface area contributed by atoms with Gasteiger partial charge in [-0.05, 0) is 12.1 Å². The lowest BCUT2D eigenvalue weighted by Crippen LogP contribution is -2.24. The number of benzene rings is 1. The van der Waals surface area contributed by atoms with Crippen LogP contribution in [0.2, 0.25) is 0 Å². The highest BCUT2D eigenvalue weighted by atomic mass is 16.1. The predicted molar refractivity (Wildman–Crippen MR) is 70.2 cm³/mol. The van der Waals surface area contributed by atoms with Crippen molar-refractivity contribution in [1.82, 2.24) is 5.32 Å². The Balaban J connectivity index is 2.36. The smallest absolute Gasteiger partial charge is 0.253 e. The van der Waals surface area contributed by atoms with Crippen molar-refractivity contribution < 1.29 is 4.79 Å². The Morgan fingerprint density at radius 3 is 2.74 bits per heavy atom. The highest BCUT2D eigenvalue weighted by Gasteiger charge is 2.16. The molecule has 0 saturated carbocycles. The molecule has 0 fully saturated rings. The first-order valence-electron chi connectivity index (χ1n) is 5.68. The van der Waals surface area contributed by atoms with Crippen LogP contribution in [0.5, 0.6) is 0 Å². The van der Waals surface area contributed by atoms with Crippen molar-refractivity contribution in [3.63, 3.8) is 0 Å². The minimum absolute atomic E-state index is 0.0318. The number of hydrogen-bond acceptors (Lipinski definition) is 5. The number of fused-ring (bicyclic) bond motifs is 1. The first kappa shape index (κ1) is 12.5. The summed E-state index contributed by atoms with van der Waals surface area (Å²) >= 11 is 0. The molecule has 1 aliphatic rings. The second kappa shape index (κ2) is 5.56. The summed E-state index contributed by atoms with van der Waals surface area (Å²) in [5.74, 6) is -0.145. The summed E-state index contributed by atoms with van der Waals surface area (Å²) < 4.78 is 0. The number of allylic oxidation sites excluding steroid dienone is 1. The molecule has 0 aliphatic carbocycles. The number of carbonyl (C=O) groups is 1. The molecule has 0 bridgehead atoms. The molecule has 2 rings (SSSR count). The Labute approximate surface area is 110 Å². The van der Waals surface area contributed by atoms with Gasteiger partial charge >= 0.3 is 0 Å². The Bertz CT molecular complexity index is 605. The lowest BCUT2D eigenvalue weighted by molar-refractivity contribution is 0.0958. The van der Waals surface area contributed by atoms with Crippen molar-refractivity contribution >= 4 is 17.3 Å². The van der Waals surface area contributed by atoms with Gasteiger partial charge in [0, 0.05) is 19.3 Å². The maximum atomic E-state index is 11.8. The number of amides is 1. The van der Waals surface area contributed by atoms with Gasteiger partial charge in [0.2, 0.25) is 0 Å². The Kier molecular flexibility index (Phi) is 3.65. The zero-order chi connectivity index (χ0) is 13.7. The molecule has 6 heteroatoms. The van der Waals surface area contributed by atoms with E-state index >= 15 is 0 Å². The molecule has 1 heterocycles. The SMILES string of the molecule is N#CC(C#N)=CNc1cccc2c1NCCNC2=O. The normalized spacial score (nSPS) is 12.6. The summed E-state index contributed by atoms with van der Waals surface area (Å²) in [7, 11) is 0. The van der Waals surface area contributed by atoms with Gasteiger partial charge in [-0.1, -0.05) is 6.07 Å². The summed E-state index contributed by atoms with van der Waals surface area (Å²) in [6, 6.07) is 8.74. The van der Waals surface area contributed by atoms with Crippen LogP contribution in [0, 0.1) is 22.7 Å². The van der Waals surface area contributed by atoms with E-state index in [9.17, 15) is 4.79 Å². The van der Waals surface area contributed by atoms with E-state index in [1.165, 1.54) is 6.20 Å². The van der Waals surface area contributed by atoms with Gasteiger partial charge in [0.05, 0.1) is 16.9 Å². The van der Waals surface area contributed by atoms with Crippen molar-refractivity contribution in [3.05, 3.63) is 35.5 Å². The average molecular weight is 253 g/mol. The van der Waals surface area contributed by atoms with E-state index in [4.69, 9.17) is 10.5 Å². The van der Waals surface area contributed by atoms with Gasteiger partial charge in [-0.25, -0.2) is 0 Å². The van der Waals surface area contributed by atoms with Crippen molar-refractivity contribution in [2.75, 3.05) is 23.7 Å². The van der Waals surface area contributed by atoms with Crippen LogP contribution in [0.4, 0.5) is 11.4 Å². The number of carbonyl (C=O) groups excluding carboxylic acids is 1. The van der Waals surface area contributed by atoms with Crippen LogP contribution in [0.3, 0.4) is 0 Å². The van der Waals surface area contributed by atoms with Gasteiger partial charge in [-0.2, -0.15) is 10.5 Å². The van der Waals surface area contributed by atoms with Crippen molar-refractivity contribution in [1.29, 1.82) is 10.5 Å². The highest BCUT2D eigenvalue weighted by molar-refractivity contribution is 6.03. The van der Waals surface area contributed by atoms with Crippen LogP contribution in [0.25, 0.3) is 0 Å². The van der Waals surface area contributed by atoms with Gasteiger partial charge in [0.25, 0.3) is 5.91 Å². The van der Waals surface area contributed by atoms with E-state index in [1.54, 1.807) is 30.3 Å². The number of nitrogens with one attached hydrogen (secondary N) is 3. The minimum Gasteiger partial charge on any atom is -0.381 e. The quantitative estimate of drug-likeness (QED) is 0.687. The highest BCUT2D eigenvalue weighted by Crippen LogP contribution is 2.27.